The summed E-state index contributed by atoms with van der Waals surface area (Å²) in [6.45, 7) is -0.0132. The lowest BCUT2D eigenvalue weighted by Crippen LogP contribution is -2.25. The fourth-order valence-electron chi connectivity index (χ4n) is 2.02. The molecule has 4 nitrogen and oxygen atoms in total. The van der Waals surface area contributed by atoms with E-state index in [9.17, 15) is 14.0 Å². The van der Waals surface area contributed by atoms with Crippen molar-refractivity contribution in [3.05, 3.63) is 53.8 Å². The van der Waals surface area contributed by atoms with Crippen LogP contribution in [0.1, 0.15) is 10.4 Å². The number of halogens is 1. The number of amides is 1. The maximum Gasteiger partial charge on any atom is 0.262 e. The molecule has 0 spiro atoms. The number of hydrogen-bond acceptors (Lipinski definition) is 4. The second kappa shape index (κ2) is 6.19. The van der Waals surface area contributed by atoms with Gasteiger partial charge < -0.3 is 10.1 Å². The lowest BCUT2D eigenvalue weighted by atomic mass is 10.1. The monoisotopic (exact) mass is 317 g/mol. The second-order valence-corrected chi connectivity index (χ2v) is 5.76. The van der Waals surface area contributed by atoms with Gasteiger partial charge in [0.05, 0.1) is 11.4 Å². The second-order valence-electron chi connectivity index (χ2n) is 4.71. The molecule has 0 unspecified atom stereocenters. The molecule has 0 fully saturated rings. The molecule has 0 aromatic heterocycles. The van der Waals surface area contributed by atoms with Crippen molar-refractivity contribution >= 4 is 29.1 Å². The van der Waals surface area contributed by atoms with E-state index in [-0.39, 0.29) is 29.9 Å². The number of rotatable bonds is 4. The number of anilines is 1. The van der Waals surface area contributed by atoms with E-state index in [1.54, 1.807) is 30.3 Å². The zero-order valence-electron chi connectivity index (χ0n) is 11.5. The van der Waals surface area contributed by atoms with Crippen molar-refractivity contribution in [3.63, 3.8) is 0 Å². The summed E-state index contributed by atoms with van der Waals surface area (Å²) in [4.78, 5) is 24.3. The van der Waals surface area contributed by atoms with Crippen molar-refractivity contribution < 1.29 is 18.7 Å². The van der Waals surface area contributed by atoms with Crippen LogP contribution in [0.2, 0.25) is 0 Å². The molecule has 3 rings (SSSR count). The first-order valence-corrected chi connectivity index (χ1v) is 7.58. The van der Waals surface area contributed by atoms with E-state index in [4.69, 9.17) is 4.74 Å². The molecular formula is C16H12FNO3S. The van der Waals surface area contributed by atoms with Gasteiger partial charge in [-0.15, -0.1) is 11.8 Å². The minimum atomic E-state index is -0.305. The Kier molecular flexibility index (Phi) is 4.11. The highest BCUT2D eigenvalue weighted by molar-refractivity contribution is 8.00. The van der Waals surface area contributed by atoms with E-state index in [1.165, 1.54) is 23.9 Å². The Morgan fingerprint density at radius 3 is 2.77 bits per heavy atom. The summed E-state index contributed by atoms with van der Waals surface area (Å²) < 4.78 is 18.1. The van der Waals surface area contributed by atoms with Crippen molar-refractivity contribution in [1.29, 1.82) is 0 Å². The number of hydrogen-bond donors (Lipinski definition) is 1. The Morgan fingerprint density at radius 1 is 1.23 bits per heavy atom. The highest BCUT2D eigenvalue weighted by Gasteiger charge is 2.17. The van der Waals surface area contributed by atoms with Crippen molar-refractivity contribution in [1.82, 2.24) is 0 Å². The first kappa shape index (κ1) is 14.6. The predicted molar refractivity (Wildman–Crippen MR) is 82.0 cm³/mol. The van der Waals surface area contributed by atoms with Crippen LogP contribution in [0.3, 0.4) is 0 Å². The van der Waals surface area contributed by atoms with Gasteiger partial charge in [-0.2, -0.15) is 0 Å². The zero-order chi connectivity index (χ0) is 15.5. The smallest absolute Gasteiger partial charge is 0.262 e. The van der Waals surface area contributed by atoms with E-state index in [0.29, 0.717) is 17.0 Å². The van der Waals surface area contributed by atoms with Crippen LogP contribution in [-0.2, 0) is 4.79 Å². The summed E-state index contributed by atoms with van der Waals surface area (Å²) in [6.07, 6.45) is 0. The Morgan fingerprint density at radius 2 is 2.00 bits per heavy atom. The first-order valence-electron chi connectivity index (χ1n) is 6.60. The fourth-order valence-corrected chi connectivity index (χ4v) is 2.81. The van der Waals surface area contributed by atoms with Crippen molar-refractivity contribution in [3.8, 4) is 5.75 Å². The molecule has 1 heterocycles. The van der Waals surface area contributed by atoms with Gasteiger partial charge in [0, 0.05) is 10.5 Å². The van der Waals surface area contributed by atoms with E-state index < -0.39 is 0 Å². The Bertz CT molecular complexity index is 731. The largest absolute Gasteiger partial charge is 0.482 e. The molecule has 2 aromatic carbocycles. The molecule has 1 N–H and O–H groups in total. The summed E-state index contributed by atoms with van der Waals surface area (Å²) >= 11 is 1.34. The third kappa shape index (κ3) is 3.28. The number of ether oxygens (including phenoxy) is 1. The third-order valence-electron chi connectivity index (χ3n) is 3.12. The van der Waals surface area contributed by atoms with Crippen LogP contribution in [0, 0.1) is 5.82 Å². The van der Waals surface area contributed by atoms with Crippen molar-refractivity contribution in [2.75, 3.05) is 17.7 Å². The van der Waals surface area contributed by atoms with Gasteiger partial charge in [-0.1, -0.05) is 0 Å². The highest BCUT2D eigenvalue weighted by Crippen LogP contribution is 2.29. The summed E-state index contributed by atoms with van der Waals surface area (Å²) in [5.74, 6) is 0.178. The average Bonchev–Trinajstić information content (AvgIpc) is 2.53. The molecule has 0 saturated carbocycles. The number of Topliss-reactive ketones (excluding diaryl/α,β-unsaturated/α-hetero) is 1. The molecule has 1 aliphatic rings. The summed E-state index contributed by atoms with van der Waals surface area (Å²) in [7, 11) is 0. The van der Waals surface area contributed by atoms with E-state index in [1.807, 2.05) is 0 Å². The summed E-state index contributed by atoms with van der Waals surface area (Å²) in [5, 5.41) is 2.67. The number of carbonyl (C=O) groups excluding carboxylic acids is 2. The number of fused-ring (bicyclic) bond motifs is 1. The van der Waals surface area contributed by atoms with Gasteiger partial charge in [-0.05, 0) is 42.5 Å². The molecular weight excluding hydrogens is 305 g/mol. The van der Waals surface area contributed by atoms with E-state index in [0.717, 1.165) is 4.90 Å². The molecule has 1 aliphatic heterocycles. The maximum absolute atomic E-state index is 12.8. The number of benzene rings is 2. The molecule has 22 heavy (non-hydrogen) atoms. The van der Waals surface area contributed by atoms with Crippen LogP contribution in [0.5, 0.6) is 5.75 Å². The van der Waals surface area contributed by atoms with Gasteiger partial charge in [0.25, 0.3) is 5.91 Å². The number of nitrogens with one attached hydrogen (secondary N) is 1. The van der Waals surface area contributed by atoms with Crippen molar-refractivity contribution in [2.24, 2.45) is 0 Å². The average molecular weight is 317 g/mol. The van der Waals surface area contributed by atoms with Crippen molar-refractivity contribution in [2.45, 2.75) is 4.90 Å². The molecule has 0 saturated heterocycles. The molecule has 0 radical (unpaired) electrons. The molecule has 112 valence electrons. The van der Waals surface area contributed by atoms with Crippen LogP contribution in [-0.4, -0.2) is 24.1 Å². The minimum absolute atomic E-state index is 0.0132. The lowest BCUT2D eigenvalue weighted by Gasteiger charge is -2.18. The predicted octanol–water partition coefficient (Wildman–Crippen LogP) is 3.13. The van der Waals surface area contributed by atoms with Gasteiger partial charge in [0.15, 0.2) is 12.4 Å². The van der Waals surface area contributed by atoms with Gasteiger partial charge in [-0.25, -0.2) is 4.39 Å². The Balaban J connectivity index is 1.68. The minimum Gasteiger partial charge on any atom is -0.482 e. The topological polar surface area (TPSA) is 55.4 Å². The Hall–Kier alpha value is -2.34. The third-order valence-corrected chi connectivity index (χ3v) is 4.13. The quantitative estimate of drug-likeness (QED) is 0.695. The zero-order valence-corrected chi connectivity index (χ0v) is 12.3. The molecule has 6 heteroatoms. The van der Waals surface area contributed by atoms with Gasteiger partial charge in [0.1, 0.15) is 11.6 Å². The molecule has 0 aliphatic carbocycles. The fraction of sp³-hybridized carbons (Fsp3) is 0.125. The van der Waals surface area contributed by atoms with E-state index in [2.05, 4.69) is 5.32 Å². The van der Waals surface area contributed by atoms with Crippen LogP contribution in [0.25, 0.3) is 0 Å². The maximum atomic E-state index is 12.8. The van der Waals surface area contributed by atoms with Crippen LogP contribution >= 0.6 is 11.8 Å². The summed E-state index contributed by atoms with van der Waals surface area (Å²) in [5.41, 5.74) is 1.01. The highest BCUT2D eigenvalue weighted by atomic mass is 32.2. The first-order chi connectivity index (χ1) is 10.6. The number of thioether (sulfide) groups is 1. The van der Waals surface area contributed by atoms with Crippen LogP contribution in [0.4, 0.5) is 10.1 Å². The van der Waals surface area contributed by atoms with Gasteiger partial charge in [0.2, 0.25) is 0 Å². The summed E-state index contributed by atoms with van der Waals surface area (Å²) in [6, 6.07) is 10.9. The van der Waals surface area contributed by atoms with Crippen LogP contribution in [0.15, 0.2) is 47.4 Å². The number of ketones is 1. The standard InChI is InChI=1S/C16H12FNO3S/c17-11-2-4-12(5-3-11)22-9-14(19)10-1-6-15-13(7-10)18-16(20)8-21-15/h1-7H,8-9H2,(H,18,20). The normalized spacial score (nSPS) is 13.0. The SMILES string of the molecule is O=C1COc2ccc(C(=O)CSc3ccc(F)cc3)cc2N1. The molecule has 0 bridgehead atoms. The Labute approximate surface area is 130 Å². The van der Waals surface area contributed by atoms with Gasteiger partial charge in [-0.3, -0.25) is 9.59 Å². The lowest BCUT2D eigenvalue weighted by molar-refractivity contribution is -0.118. The molecule has 0 atom stereocenters. The van der Waals surface area contributed by atoms with E-state index >= 15 is 0 Å². The van der Waals surface area contributed by atoms with Gasteiger partial charge >= 0.3 is 0 Å². The molecule has 2 aromatic rings. The van der Waals surface area contributed by atoms with Crippen LogP contribution < -0.4 is 10.1 Å². The molecule has 1 amide bonds. The number of carbonyl (C=O) groups is 2.